The average molecular weight is 459 g/mol. The topological polar surface area (TPSA) is 112 Å². The van der Waals surface area contributed by atoms with Gasteiger partial charge in [-0.25, -0.2) is 4.79 Å². The van der Waals surface area contributed by atoms with Crippen molar-refractivity contribution in [3.63, 3.8) is 0 Å². The maximum absolute atomic E-state index is 12.5. The number of hydrogen-bond acceptors (Lipinski definition) is 7. The van der Waals surface area contributed by atoms with E-state index in [1.54, 1.807) is 20.0 Å². The lowest BCUT2D eigenvalue weighted by atomic mass is 10.2. The molecule has 0 saturated carbocycles. The summed E-state index contributed by atoms with van der Waals surface area (Å²) in [6.45, 7) is 5.85. The van der Waals surface area contributed by atoms with Crippen LogP contribution >= 0.6 is 11.3 Å². The molecule has 2 N–H and O–H groups in total. The van der Waals surface area contributed by atoms with Crippen LogP contribution in [0.5, 0.6) is 0 Å². The number of amides is 1. The van der Waals surface area contributed by atoms with Crippen LogP contribution in [-0.2, 0) is 20.1 Å². The van der Waals surface area contributed by atoms with Gasteiger partial charge in [0.15, 0.2) is 0 Å². The van der Waals surface area contributed by atoms with Gasteiger partial charge in [0.25, 0.3) is 17.0 Å². The van der Waals surface area contributed by atoms with Crippen LogP contribution in [0.1, 0.15) is 22.2 Å². The maximum atomic E-state index is 12.5. The highest BCUT2D eigenvalue weighted by molar-refractivity contribution is 7.18. The van der Waals surface area contributed by atoms with Crippen molar-refractivity contribution in [2.75, 3.05) is 38.1 Å². The van der Waals surface area contributed by atoms with Gasteiger partial charge in [0.05, 0.1) is 5.52 Å². The van der Waals surface area contributed by atoms with E-state index in [9.17, 15) is 19.2 Å². The Labute approximate surface area is 187 Å². The number of fused-ring (bicyclic) bond motifs is 1. The smallest absolute Gasteiger partial charge is 0.328 e. The van der Waals surface area contributed by atoms with E-state index in [0.29, 0.717) is 23.3 Å². The molecule has 1 fully saturated rings. The van der Waals surface area contributed by atoms with Crippen LogP contribution in [0.3, 0.4) is 0 Å². The van der Waals surface area contributed by atoms with Crippen molar-refractivity contribution in [3.8, 4) is 0 Å². The summed E-state index contributed by atoms with van der Waals surface area (Å²) in [5.74, 6) is 0.388. The van der Waals surface area contributed by atoms with Gasteiger partial charge < -0.3 is 15.2 Å². The third kappa shape index (κ3) is 3.89. The summed E-state index contributed by atoms with van der Waals surface area (Å²) in [6.07, 6.45) is 0. The van der Waals surface area contributed by atoms with Crippen molar-refractivity contribution in [1.82, 2.24) is 24.3 Å². The number of anilines is 1. The highest BCUT2D eigenvalue weighted by Crippen LogP contribution is 2.23. The fraction of sp³-hybridized carbons (Fsp3) is 0.429. The van der Waals surface area contributed by atoms with Crippen molar-refractivity contribution in [3.05, 3.63) is 59.8 Å². The summed E-state index contributed by atoms with van der Waals surface area (Å²) in [5, 5.41) is 2.49. The summed E-state index contributed by atoms with van der Waals surface area (Å²) in [5.41, 5.74) is -0.220. The molecular formula is C21H26N6O4S. The van der Waals surface area contributed by atoms with Gasteiger partial charge in [-0.3, -0.25) is 28.4 Å². The van der Waals surface area contributed by atoms with E-state index in [4.69, 9.17) is 0 Å². The lowest BCUT2D eigenvalue weighted by Gasteiger charge is -2.36. The lowest BCUT2D eigenvalue weighted by Crippen LogP contribution is -2.47. The number of rotatable bonds is 5. The first-order valence-electron chi connectivity index (χ1n) is 10.5. The van der Waals surface area contributed by atoms with E-state index in [1.165, 1.54) is 27.5 Å². The summed E-state index contributed by atoms with van der Waals surface area (Å²) in [6, 6.07) is 5.27. The molecule has 3 aromatic rings. The highest BCUT2D eigenvalue weighted by atomic mass is 32.1. The van der Waals surface area contributed by atoms with Crippen LogP contribution in [0.15, 0.2) is 32.6 Å². The van der Waals surface area contributed by atoms with E-state index < -0.39 is 5.91 Å². The predicted octanol–water partition coefficient (Wildman–Crippen LogP) is 0.152. The van der Waals surface area contributed by atoms with Crippen LogP contribution in [-0.4, -0.2) is 58.2 Å². The number of pyridine rings is 1. The third-order valence-corrected chi connectivity index (χ3v) is 6.96. The molecule has 0 bridgehead atoms. The Morgan fingerprint density at radius 3 is 2.50 bits per heavy atom. The molecule has 0 radical (unpaired) electrons. The largest absolute Gasteiger partial charge is 0.355 e. The van der Waals surface area contributed by atoms with Gasteiger partial charge in [0.1, 0.15) is 16.1 Å². The molecule has 11 heteroatoms. The van der Waals surface area contributed by atoms with Crippen molar-refractivity contribution in [2.45, 2.75) is 20.0 Å². The number of aromatic nitrogens is 3. The van der Waals surface area contributed by atoms with E-state index >= 15 is 0 Å². The quantitative estimate of drug-likeness (QED) is 0.563. The van der Waals surface area contributed by atoms with Crippen molar-refractivity contribution in [2.24, 2.45) is 7.05 Å². The highest BCUT2D eigenvalue weighted by Gasteiger charge is 2.22. The van der Waals surface area contributed by atoms with Gasteiger partial charge in [-0.15, -0.1) is 11.3 Å². The second kappa shape index (κ2) is 8.75. The molecule has 10 nitrogen and oxygen atoms in total. The molecular weight excluding hydrogens is 432 g/mol. The first-order valence-corrected chi connectivity index (χ1v) is 11.3. The van der Waals surface area contributed by atoms with Gasteiger partial charge in [-0.1, -0.05) is 0 Å². The molecule has 1 amide bonds. The number of thiophene rings is 1. The predicted molar refractivity (Wildman–Crippen MR) is 125 cm³/mol. The summed E-state index contributed by atoms with van der Waals surface area (Å²) >= 11 is 1.42. The normalized spacial score (nSPS) is 14.8. The standard InChI is InChI=1S/C21H26N6O4S/c1-4-27-20(30)17-15(23-21(27)31)11-13(32-17)12-25-7-9-26(10-8-25)16-6-5-14(18(28)22-2)19(29)24(16)3/h5-6,11H,4,7-10,12H2,1-3H3,(H,22,28)(H,23,31). The summed E-state index contributed by atoms with van der Waals surface area (Å²) < 4.78 is 3.30. The van der Waals surface area contributed by atoms with Crippen molar-refractivity contribution in [1.29, 1.82) is 0 Å². The molecule has 4 heterocycles. The van der Waals surface area contributed by atoms with Crippen LogP contribution in [0.4, 0.5) is 5.82 Å². The van der Waals surface area contributed by atoms with Gasteiger partial charge in [0.2, 0.25) is 0 Å². The van der Waals surface area contributed by atoms with E-state index in [1.807, 2.05) is 12.1 Å². The summed E-state index contributed by atoms with van der Waals surface area (Å²) in [4.78, 5) is 57.2. The Morgan fingerprint density at radius 2 is 1.84 bits per heavy atom. The number of carbonyl (C=O) groups excluding carboxylic acids is 1. The van der Waals surface area contributed by atoms with E-state index in [-0.39, 0.29) is 22.4 Å². The number of piperazine rings is 1. The zero-order chi connectivity index (χ0) is 23.0. The minimum absolute atomic E-state index is 0.127. The molecule has 4 rings (SSSR count). The molecule has 0 aliphatic carbocycles. The second-order valence-electron chi connectivity index (χ2n) is 7.75. The molecule has 0 aromatic carbocycles. The Hall–Kier alpha value is -3.18. The van der Waals surface area contributed by atoms with Gasteiger partial charge in [-0.05, 0) is 25.1 Å². The fourth-order valence-corrected chi connectivity index (χ4v) is 5.17. The minimum Gasteiger partial charge on any atom is -0.355 e. The summed E-state index contributed by atoms with van der Waals surface area (Å²) in [7, 11) is 3.18. The van der Waals surface area contributed by atoms with Crippen LogP contribution in [0.25, 0.3) is 10.2 Å². The average Bonchev–Trinajstić information content (AvgIpc) is 3.18. The van der Waals surface area contributed by atoms with E-state index in [2.05, 4.69) is 20.1 Å². The zero-order valence-electron chi connectivity index (χ0n) is 18.3. The zero-order valence-corrected chi connectivity index (χ0v) is 19.1. The van der Waals surface area contributed by atoms with Gasteiger partial charge in [-0.2, -0.15) is 0 Å². The van der Waals surface area contributed by atoms with Crippen molar-refractivity contribution >= 4 is 33.3 Å². The molecule has 1 saturated heterocycles. The van der Waals surface area contributed by atoms with Crippen LogP contribution < -0.4 is 27.0 Å². The molecule has 0 spiro atoms. The molecule has 1 aliphatic heterocycles. The number of hydrogen-bond donors (Lipinski definition) is 2. The Kier molecular flexibility index (Phi) is 6.02. The first kappa shape index (κ1) is 22.0. The number of nitrogens with zero attached hydrogens (tertiary/aromatic N) is 4. The SMILES string of the molecule is CCn1c(=O)[nH]c2cc(CN3CCN(c4ccc(C(=O)NC)c(=O)n4C)CC3)sc2c1=O. The molecule has 3 aromatic heterocycles. The van der Waals surface area contributed by atoms with Gasteiger partial charge >= 0.3 is 5.69 Å². The third-order valence-electron chi connectivity index (χ3n) is 5.85. The molecule has 0 atom stereocenters. The fourth-order valence-electron chi connectivity index (χ4n) is 4.06. The first-order chi connectivity index (χ1) is 15.3. The van der Waals surface area contributed by atoms with Crippen LogP contribution in [0.2, 0.25) is 0 Å². The Balaban J connectivity index is 1.47. The van der Waals surface area contributed by atoms with Crippen molar-refractivity contribution < 1.29 is 4.79 Å². The van der Waals surface area contributed by atoms with Gasteiger partial charge in [0, 0.05) is 58.2 Å². The molecule has 0 unspecified atom stereocenters. The number of aromatic amines is 1. The second-order valence-corrected chi connectivity index (χ2v) is 8.88. The molecule has 170 valence electrons. The number of H-pyrrole nitrogens is 1. The monoisotopic (exact) mass is 458 g/mol. The number of nitrogens with one attached hydrogen (secondary N) is 2. The number of carbonyl (C=O) groups is 1. The van der Waals surface area contributed by atoms with Crippen LogP contribution in [0, 0.1) is 0 Å². The maximum Gasteiger partial charge on any atom is 0.328 e. The molecule has 1 aliphatic rings. The minimum atomic E-state index is -0.391. The Morgan fingerprint density at radius 1 is 1.12 bits per heavy atom. The lowest BCUT2D eigenvalue weighted by molar-refractivity contribution is 0.0961. The Bertz CT molecular complexity index is 1340. The molecule has 32 heavy (non-hydrogen) atoms. The van der Waals surface area contributed by atoms with E-state index in [0.717, 1.165) is 36.9 Å².